The van der Waals surface area contributed by atoms with Crippen LogP contribution in [0, 0.1) is 0 Å². The van der Waals surface area contributed by atoms with Gasteiger partial charge in [-0.1, -0.05) is 18.2 Å². The highest BCUT2D eigenvalue weighted by Gasteiger charge is 2.49. The number of imide groups is 1. The first-order valence-corrected chi connectivity index (χ1v) is 11.0. The van der Waals surface area contributed by atoms with Gasteiger partial charge in [-0.25, -0.2) is 9.69 Å². The summed E-state index contributed by atoms with van der Waals surface area (Å²) in [6.45, 7) is 3.26. The van der Waals surface area contributed by atoms with Crippen LogP contribution in [0.15, 0.2) is 41.8 Å². The number of quaternary nitrogens is 1. The average molecular weight is 415 g/mol. The van der Waals surface area contributed by atoms with Gasteiger partial charge in [0.15, 0.2) is 6.67 Å². The Labute approximate surface area is 175 Å². The lowest BCUT2D eigenvalue weighted by Crippen LogP contribution is -3.12. The molecule has 1 aromatic heterocycles. The molecule has 1 unspecified atom stereocenters. The van der Waals surface area contributed by atoms with Crippen molar-refractivity contribution in [2.45, 2.75) is 44.2 Å². The van der Waals surface area contributed by atoms with Gasteiger partial charge in [0.05, 0.1) is 18.5 Å². The Morgan fingerprint density at radius 2 is 2.07 bits per heavy atom. The number of carbonyl (C=O) groups excluding carboxylic acids is 2. The molecule has 154 valence electrons. The van der Waals surface area contributed by atoms with Gasteiger partial charge in [0, 0.05) is 12.8 Å². The van der Waals surface area contributed by atoms with E-state index in [0.717, 1.165) is 37.1 Å². The SMILES string of the molecule is COc1ccc(CC[C@]2(C)NC(=O)N(C[NH+]3CCC[C@@H]3c3cccs3)C2=O)cc1. The van der Waals surface area contributed by atoms with Gasteiger partial charge in [-0.2, -0.15) is 0 Å². The molecule has 29 heavy (non-hydrogen) atoms. The maximum Gasteiger partial charge on any atom is 0.329 e. The van der Waals surface area contributed by atoms with Crippen LogP contribution in [-0.2, 0) is 11.2 Å². The number of hydrogen-bond donors (Lipinski definition) is 2. The molecule has 1 aromatic carbocycles. The second kappa shape index (κ2) is 8.16. The van der Waals surface area contributed by atoms with Crippen molar-refractivity contribution in [1.82, 2.24) is 10.2 Å². The van der Waals surface area contributed by atoms with Crippen molar-refractivity contribution in [2.24, 2.45) is 0 Å². The molecule has 2 saturated heterocycles. The fourth-order valence-corrected chi connectivity index (χ4v) is 5.30. The molecule has 2 aliphatic heterocycles. The number of nitrogens with one attached hydrogen (secondary N) is 2. The minimum atomic E-state index is -0.853. The Morgan fingerprint density at radius 1 is 1.28 bits per heavy atom. The molecule has 3 heterocycles. The third-order valence-electron chi connectivity index (χ3n) is 6.15. The summed E-state index contributed by atoms with van der Waals surface area (Å²) in [6.07, 6.45) is 3.52. The van der Waals surface area contributed by atoms with Gasteiger partial charge in [0.2, 0.25) is 0 Å². The second-order valence-electron chi connectivity index (χ2n) is 8.12. The van der Waals surface area contributed by atoms with E-state index in [2.05, 4.69) is 22.8 Å². The molecule has 0 radical (unpaired) electrons. The first kappa shape index (κ1) is 19.9. The molecule has 7 heteroatoms. The summed E-state index contributed by atoms with van der Waals surface area (Å²) in [6, 6.07) is 12.2. The summed E-state index contributed by atoms with van der Waals surface area (Å²) in [7, 11) is 1.64. The Balaban J connectivity index is 1.41. The Kier molecular flexibility index (Phi) is 5.61. The molecule has 0 spiro atoms. The molecule has 0 saturated carbocycles. The Morgan fingerprint density at radius 3 is 2.76 bits per heavy atom. The van der Waals surface area contributed by atoms with Crippen molar-refractivity contribution in [3.05, 3.63) is 52.2 Å². The van der Waals surface area contributed by atoms with E-state index < -0.39 is 5.54 Å². The minimum Gasteiger partial charge on any atom is -0.497 e. The van der Waals surface area contributed by atoms with Crippen LogP contribution < -0.4 is 15.0 Å². The molecule has 2 aromatic rings. The molecular formula is C22H28N3O3S+. The number of urea groups is 1. The van der Waals surface area contributed by atoms with E-state index >= 15 is 0 Å². The van der Waals surface area contributed by atoms with Crippen LogP contribution in [0.25, 0.3) is 0 Å². The summed E-state index contributed by atoms with van der Waals surface area (Å²) in [5.74, 6) is 0.700. The zero-order valence-electron chi connectivity index (χ0n) is 16.9. The number of amides is 3. The molecule has 3 amide bonds. The van der Waals surface area contributed by atoms with E-state index in [1.54, 1.807) is 18.4 Å². The zero-order chi connectivity index (χ0) is 20.4. The standard InChI is InChI=1S/C22H27N3O3S/c1-22(12-11-16-7-9-17(28-2)10-8-16)20(26)25(21(27)23-22)15-24-13-3-5-18(24)19-6-4-14-29-19/h4,6-10,14,18H,3,5,11-13,15H2,1-2H3,(H,23,27)/p+1/t18-,22+/m1/s1. The predicted octanol–water partition coefficient (Wildman–Crippen LogP) is 2.38. The number of ether oxygens (including phenoxy) is 1. The van der Waals surface area contributed by atoms with E-state index in [9.17, 15) is 9.59 Å². The highest BCUT2D eigenvalue weighted by atomic mass is 32.1. The van der Waals surface area contributed by atoms with Crippen LogP contribution in [0.2, 0.25) is 0 Å². The van der Waals surface area contributed by atoms with Crippen LogP contribution in [0.5, 0.6) is 5.75 Å². The van der Waals surface area contributed by atoms with E-state index in [1.807, 2.05) is 31.2 Å². The average Bonchev–Trinajstić information content (AvgIpc) is 3.45. The second-order valence-corrected chi connectivity index (χ2v) is 9.10. The number of carbonyl (C=O) groups is 2. The van der Waals surface area contributed by atoms with Gasteiger partial charge in [-0.15, -0.1) is 11.3 Å². The van der Waals surface area contributed by atoms with Gasteiger partial charge < -0.3 is 15.0 Å². The lowest BCUT2D eigenvalue weighted by Gasteiger charge is -2.25. The normalized spacial score (nSPS) is 26.8. The fourth-order valence-electron chi connectivity index (χ4n) is 4.38. The lowest BCUT2D eigenvalue weighted by molar-refractivity contribution is -0.925. The van der Waals surface area contributed by atoms with Crippen LogP contribution in [0.3, 0.4) is 0 Å². The quantitative estimate of drug-likeness (QED) is 0.684. The number of aryl methyl sites for hydroxylation is 1. The summed E-state index contributed by atoms with van der Waals surface area (Å²) in [4.78, 5) is 29.9. The zero-order valence-corrected chi connectivity index (χ0v) is 17.8. The smallest absolute Gasteiger partial charge is 0.329 e. The molecule has 2 N–H and O–H groups in total. The summed E-state index contributed by atoms with van der Waals surface area (Å²) >= 11 is 1.76. The minimum absolute atomic E-state index is 0.111. The van der Waals surface area contributed by atoms with E-state index in [1.165, 1.54) is 14.7 Å². The van der Waals surface area contributed by atoms with Crippen LogP contribution in [0.1, 0.15) is 42.7 Å². The molecule has 2 fully saturated rings. The lowest BCUT2D eigenvalue weighted by atomic mass is 9.93. The Bertz CT molecular complexity index is 868. The third kappa shape index (κ3) is 4.02. The molecule has 2 aliphatic rings. The van der Waals surface area contributed by atoms with Gasteiger partial charge in [0.1, 0.15) is 17.3 Å². The van der Waals surface area contributed by atoms with Crippen molar-refractivity contribution in [3.8, 4) is 5.75 Å². The highest BCUT2D eigenvalue weighted by molar-refractivity contribution is 7.10. The number of hydrogen-bond acceptors (Lipinski definition) is 4. The number of rotatable bonds is 7. The van der Waals surface area contributed by atoms with Gasteiger partial charge in [-0.05, 0) is 48.9 Å². The van der Waals surface area contributed by atoms with Crippen molar-refractivity contribution in [3.63, 3.8) is 0 Å². The number of methoxy groups -OCH3 is 1. The maximum atomic E-state index is 13.2. The van der Waals surface area contributed by atoms with E-state index in [4.69, 9.17) is 4.74 Å². The van der Waals surface area contributed by atoms with Crippen LogP contribution in [0.4, 0.5) is 4.79 Å². The number of thiophene rings is 1. The van der Waals surface area contributed by atoms with Crippen molar-refractivity contribution >= 4 is 23.3 Å². The van der Waals surface area contributed by atoms with Crippen molar-refractivity contribution in [1.29, 1.82) is 0 Å². The van der Waals surface area contributed by atoms with E-state index in [0.29, 0.717) is 19.1 Å². The predicted molar refractivity (Wildman–Crippen MR) is 112 cm³/mol. The molecule has 0 bridgehead atoms. The monoisotopic (exact) mass is 414 g/mol. The fraction of sp³-hybridized carbons (Fsp3) is 0.455. The molecule has 0 aliphatic carbocycles. The molecular weight excluding hydrogens is 386 g/mol. The maximum absolute atomic E-state index is 13.2. The highest BCUT2D eigenvalue weighted by Crippen LogP contribution is 2.26. The number of nitrogens with zero attached hydrogens (tertiary/aromatic N) is 1. The topological polar surface area (TPSA) is 63.1 Å². The Hall–Kier alpha value is -2.38. The van der Waals surface area contributed by atoms with Gasteiger partial charge in [0.25, 0.3) is 5.91 Å². The van der Waals surface area contributed by atoms with Crippen LogP contribution >= 0.6 is 11.3 Å². The first-order chi connectivity index (χ1) is 14.0. The summed E-state index contributed by atoms with van der Waals surface area (Å²) < 4.78 is 5.19. The third-order valence-corrected chi connectivity index (χ3v) is 7.14. The summed E-state index contributed by atoms with van der Waals surface area (Å²) in [5.41, 5.74) is 0.268. The van der Waals surface area contributed by atoms with E-state index in [-0.39, 0.29) is 11.9 Å². The number of likely N-dealkylation sites (tertiary alicyclic amines) is 1. The van der Waals surface area contributed by atoms with Crippen molar-refractivity contribution < 1.29 is 19.2 Å². The van der Waals surface area contributed by atoms with Gasteiger partial charge >= 0.3 is 6.03 Å². The molecule has 3 atom stereocenters. The molecule has 4 rings (SSSR count). The van der Waals surface area contributed by atoms with Crippen molar-refractivity contribution in [2.75, 3.05) is 20.3 Å². The first-order valence-electron chi connectivity index (χ1n) is 10.2. The van der Waals surface area contributed by atoms with Crippen LogP contribution in [-0.4, -0.2) is 42.7 Å². The summed E-state index contributed by atoms with van der Waals surface area (Å²) in [5, 5.41) is 5.04. The molecule has 6 nitrogen and oxygen atoms in total. The number of benzene rings is 1. The largest absolute Gasteiger partial charge is 0.497 e. The van der Waals surface area contributed by atoms with Gasteiger partial charge in [-0.3, -0.25) is 4.79 Å².